The summed E-state index contributed by atoms with van der Waals surface area (Å²) in [5.74, 6) is -0.351. The largest absolute Gasteiger partial charge is 0.325 e. The van der Waals surface area contributed by atoms with Crippen molar-refractivity contribution in [1.29, 1.82) is 0 Å². The molecule has 1 fully saturated rings. The number of nitrogens with two attached hydrogens (primary N) is 1. The summed E-state index contributed by atoms with van der Waals surface area (Å²) in [5, 5.41) is 3.12. The van der Waals surface area contributed by atoms with Crippen LogP contribution in [0.15, 0.2) is 54.6 Å². The van der Waals surface area contributed by atoms with Gasteiger partial charge in [0, 0.05) is 24.3 Å². The van der Waals surface area contributed by atoms with E-state index in [0.29, 0.717) is 6.04 Å². The molecule has 2 atom stereocenters. The van der Waals surface area contributed by atoms with Gasteiger partial charge in [0.1, 0.15) is 0 Å². The molecule has 0 aliphatic heterocycles. The van der Waals surface area contributed by atoms with E-state index >= 15 is 0 Å². The first kappa shape index (κ1) is 20.6. The normalized spacial score (nSPS) is 17.3. The molecule has 2 unspecified atom stereocenters. The van der Waals surface area contributed by atoms with E-state index in [2.05, 4.69) is 23.3 Å². The van der Waals surface area contributed by atoms with E-state index < -0.39 is 0 Å². The SMILES string of the molecule is CC(C(=O)Nc1ccccc1CN(C)C1CCCCC1)C(N)c1ccccc1. The Labute approximate surface area is 169 Å². The zero-order valence-corrected chi connectivity index (χ0v) is 17.1. The number of benzene rings is 2. The highest BCUT2D eigenvalue weighted by Gasteiger charge is 2.23. The number of nitrogens with one attached hydrogen (secondary N) is 1. The van der Waals surface area contributed by atoms with Crippen LogP contribution in [0.4, 0.5) is 5.69 Å². The van der Waals surface area contributed by atoms with E-state index in [9.17, 15) is 4.79 Å². The van der Waals surface area contributed by atoms with Gasteiger partial charge in [-0.3, -0.25) is 9.69 Å². The number of anilines is 1. The van der Waals surface area contributed by atoms with Crippen LogP contribution < -0.4 is 11.1 Å². The van der Waals surface area contributed by atoms with Gasteiger partial charge >= 0.3 is 0 Å². The highest BCUT2D eigenvalue weighted by molar-refractivity contribution is 5.93. The minimum absolute atomic E-state index is 0.0378. The molecule has 0 radical (unpaired) electrons. The molecule has 1 saturated carbocycles. The van der Waals surface area contributed by atoms with Crippen molar-refractivity contribution in [1.82, 2.24) is 4.90 Å². The van der Waals surface area contributed by atoms with Crippen LogP contribution in [0.1, 0.15) is 56.2 Å². The zero-order valence-electron chi connectivity index (χ0n) is 17.1. The second-order valence-electron chi connectivity index (χ2n) is 8.08. The molecule has 0 spiro atoms. The molecule has 0 aromatic heterocycles. The minimum atomic E-state index is -0.321. The van der Waals surface area contributed by atoms with Gasteiger partial charge in [-0.05, 0) is 37.1 Å². The van der Waals surface area contributed by atoms with E-state index in [0.717, 1.165) is 23.4 Å². The summed E-state index contributed by atoms with van der Waals surface area (Å²) >= 11 is 0. The van der Waals surface area contributed by atoms with Gasteiger partial charge in [-0.1, -0.05) is 74.7 Å². The monoisotopic (exact) mass is 379 g/mol. The quantitative estimate of drug-likeness (QED) is 0.731. The molecule has 1 amide bonds. The standard InChI is InChI=1S/C24H33N3O/c1-18(23(25)19-11-5-3-6-12-19)24(28)26-22-16-10-9-13-20(22)17-27(2)21-14-7-4-8-15-21/h3,5-6,9-13,16,18,21,23H,4,7-8,14-15,17,25H2,1-2H3,(H,26,28). The van der Waals surface area contributed by atoms with Gasteiger partial charge in [0.05, 0.1) is 5.92 Å². The van der Waals surface area contributed by atoms with Gasteiger partial charge in [-0.15, -0.1) is 0 Å². The number of rotatable bonds is 7. The number of carbonyl (C=O) groups is 1. The van der Waals surface area contributed by atoms with Gasteiger partial charge in [0.15, 0.2) is 0 Å². The number of carbonyl (C=O) groups excluding carboxylic acids is 1. The molecule has 0 heterocycles. The summed E-state index contributed by atoms with van der Waals surface area (Å²) in [6.07, 6.45) is 6.54. The van der Waals surface area contributed by atoms with E-state index in [1.807, 2.05) is 55.5 Å². The van der Waals surface area contributed by atoms with E-state index in [1.54, 1.807) is 0 Å². The fraction of sp³-hybridized carbons (Fsp3) is 0.458. The van der Waals surface area contributed by atoms with E-state index in [1.165, 1.54) is 32.1 Å². The maximum absolute atomic E-state index is 12.9. The molecule has 1 aliphatic carbocycles. The van der Waals surface area contributed by atoms with Gasteiger partial charge < -0.3 is 11.1 Å². The summed E-state index contributed by atoms with van der Waals surface area (Å²) < 4.78 is 0. The Morgan fingerprint density at radius 2 is 1.71 bits per heavy atom. The second kappa shape index (κ2) is 9.85. The van der Waals surface area contributed by atoms with E-state index in [4.69, 9.17) is 5.73 Å². The van der Waals surface area contributed by atoms with E-state index in [-0.39, 0.29) is 17.9 Å². The van der Waals surface area contributed by atoms with Crippen molar-refractivity contribution in [3.05, 3.63) is 65.7 Å². The topological polar surface area (TPSA) is 58.4 Å². The molecule has 0 saturated heterocycles. The fourth-order valence-electron chi connectivity index (χ4n) is 4.07. The van der Waals surface area contributed by atoms with Crippen molar-refractivity contribution >= 4 is 11.6 Å². The van der Waals surface area contributed by atoms with Crippen molar-refractivity contribution < 1.29 is 4.79 Å². The van der Waals surface area contributed by atoms with Crippen LogP contribution in [0.5, 0.6) is 0 Å². The molecule has 4 heteroatoms. The predicted octanol–water partition coefficient (Wildman–Crippen LogP) is 4.73. The van der Waals surface area contributed by atoms with Crippen LogP contribution in [0.25, 0.3) is 0 Å². The maximum Gasteiger partial charge on any atom is 0.229 e. The summed E-state index contributed by atoms with van der Waals surface area (Å²) in [6.45, 7) is 2.74. The lowest BCUT2D eigenvalue weighted by Crippen LogP contribution is -2.34. The van der Waals surface area contributed by atoms with Crippen LogP contribution in [-0.2, 0) is 11.3 Å². The molecule has 2 aromatic rings. The molecule has 3 N–H and O–H groups in total. The lowest BCUT2D eigenvalue weighted by atomic mass is 9.94. The summed E-state index contributed by atoms with van der Waals surface area (Å²) in [5.41, 5.74) is 9.37. The molecule has 2 aromatic carbocycles. The first-order chi connectivity index (χ1) is 13.6. The first-order valence-electron chi connectivity index (χ1n) is 10.5. The van der Waals surface area contributed by atoms with Gasteiger partial charge in [0.25, 0.3) is 0 Å². The molecule has 28 heavy (non-hydrogen) atoms. The summed E-state index contributed by atoms with van der Waals surface area (Å²) in [6, 6.07) is 18.2. The van der Waals surface area contributed by atoms with Crippen molar-refractivity contribution in [3.8, 4) is 0 Å². The Bertz CT molecular complexity index is 755. The first-order valence-corrected chi connectivity index (χ1v) is 10.5. The van der Waals surface area contributed by atoms with Crippen LogP contribution >= 0.6 is 0 Å². The highest BCUT2D eigenvalue weighted by Crippen LogP contribution is 2.26. The number of hydrogen-bond acceptors (Lipinski definition) is 3. The Morgan fingerprint density at radius 1 is 1.07 bits per heavy atom. The Balaban J connectivity index is 1.66. The third-order valence-corrected chi connectivity index (χ3v) is 6.03. The van der Waals surface area contributed by atoms with Crippen LogP contribution in [0.2, 0.25) is 0 Å². The van der Waals surface area contributed by atoms with Crippen molar-refractivity contribution in [3.63, 3.8) is 0 Å². The number of nitrogens with zero attached hydrogens (tertiary/aromatic N) is 1. The Hall–Kier alpha value is -2.17. The predicted molar refractivity (Wildman–Crippen MR) is 116 cm³/mol. The Morgan fingerprint density at radius 3 is 2.43 bits per heavy atom. The van der Waals surface area contributed by atoms with Gasteiger partial charge in [0.2, 0.25) is 5.91 Å². The third-order valence-electron chi connectivity index (χ3n) is 6.03. The molecule has 4 nitrogen and oxygen atoms in total. The van der Waals surface area contributed by atoms with Gasteiger partial charge in [-0.25, -0.2) is 0 Å². The molecule has 150 valence electrons. The van der Waals surface area contributed by atoms with Crippen LogP contribution in [0.3, 0.4) is 0 Å². The molecule has 1 aliphatic rings. The minimum Gasteiger partial charge on any atom is -0.325 e. The van der Waals surface area contributed by atoms with Crippen LogP contribution in [0, 0.1) is 5.92 Å². The molecule has 3 rings (SSSR count). The Kier molecular flexibility index (Phi) is 7.24. The molecular weight excluding hydrogens is 346 g/mol. The average molecular weight is 380 g/mol. The summed E-state index contributed by atoms with van der Waals surface area (Å²) in [7, 11) is 2.20. The number of para-hydroxylation sites is 1. The maximum atomic E-state index is 12.9. The number of amides is 1. The smallest absolute Gasteiger partial charge is 0.229 e. The number of hydrogen-bond donors (Lipinski definition) is 2. The fourth-order valence-corrected chi connectivity index (χ4v) is 4.07. The zero-order chi connectivity index (χ0) is 19.9. The third kappa shape index (κ3) is 5.21. The molecule has 0 bridgehead atoms. The lowest BCUT2D eigenvalue weighted by Gasteiger charge is -2.31. The highest BCUT2D eigenvalue weighted by atomic mass is 16.1. The van der Waals surface area contributed by atoms with Crippen molar-refractivity contribution in [2.45, 2.75) is 57.7 Å². The van der Waals surface area contributed by atoms with Gasteiger partial charge in [-0.2, -0.15) is 0 Å². The summed E-state index contributed by atoms with van der Waals surface area (Å²) in [4.78, 5) is 15.3. The average Bonchev–Trinajstić information content (AvgIpc) is 2.75. The molecular formula is C24H33N3O. The second-order valence-corrected chi connectivity index (χ2v) is 8.08. The van der Waals surface area contributed by atoms with Crippen molar-refractivity contribution in [2.24, 2.45) is 11.7 Å². The van der Waals surface area contributed by atoms with Crippen molar-refractivity contribution in [2.75, 3.05) is 12.4 Å². The van der Waals surface area contributed by atoms with Crippen LogP contribution in [-0.4, -0.2) is 23.9 Å². The lowest BCUT2D eigenvalue weighted by molar-refractivity contribution is -0.120.